The third-order valence-electron chi connectivity index (χ3n) is 5.92. The van der Waals surface area contributed by atoms with Gasteiger partial charge in [-0.3, -0.25) is 9.48 Å². The first-order chi connectivity index (χ1) is 15.6. The van der Waals surface area contributed by atoms with Crippen molar-refractivity contribution in [2.24, 2.45) is 7.05 Å². The lowest BCUT2D eigenvalue weighted by molar-refractivity contribution is -0.119. The molecule has 0 fully saturated rings. The van der Waals surface area contributed by atoms with Crippen molar-refractivity contribution in [1.82, 2.24) is 19.7 Å². The molecule has 0 radical (unpaired) electrons. The molecular weight excluding hydrogens is 400 g/mol. The van der Waals surface area contributed by atoms with Gasteiger partial charge < -0.3 is 10.2 Å². The average Bonchev–Trinajstić information content (AvgIpc) is 3.44. The lowest BCUT2D eigenvalue weighted by Crippen LogP contribution is -2.32. The third kappa shape index (κ3) is 3.73. The second-order valence-corrected chi connectivity index (χ2v) is 7.95. The van der Waals surface area contributed by atoms with E-state index in [-0.39, 0.29) is 11.8 Å². The summed E-state index contributed by atoms with van der Waals surface area (Å²) in [5, 5.41) is 7.34. The number of anilines is 3. The maximum atomic E-state index is 13.2. The largest absolute Gasteiger partial charge is 0.311 e. The Kier molecular flexibility index (Phi) is 5.15. The highest BCUT2D eigenvalue weighted by Gasteiger charge is 2.29. The summed E-state index contributed by atoms with van der Waals surface area (Å²) in [4.78, 5) is 24.1. The molecule has 1 atom stereocenters. The Labute approximate surface area is 186 Å². The molecule has 1 aliphatic heterocycles. The number of carbonyl (C=O) groups is 1. The monoisotopic (exact) mass is 424 g/mol. The summed E-state index contributed by atoms with van der Waals surface area (Å²) in [6.45, 7) is 2.67. The SMILES string of the molecule is CC(C(=O)N1CCc2cc(-c3ccnc(Nc4ccnn4C)n3)ccc21)c1ccccc1. The van der Waals surface area contributed by atoms with E-state index in [1.165, 1.54) is 0 Å². The molecule has 1 N–H and O–H groups in total. The molecule has 2 aromatic heterocycles. The zero-order valence-electron chi connectivity index (χ0n) is 18.1. The van der Waals surface area contributed by atoms with Crippen LogP contribution in [-0.4, -0.2) is 32.2 Å². The van der Waals surface area contributed by atoms with Crippen LogP contribution in [0.5, 0.6) is 0 Å². The van der Waals surface area contributed by atoms with Gasteiger partial charge in [-0.2, -0.15) is 5.10 Å². The van der Waals surface area contributed by atoms with Crippen LogP contribution in [-0.2, 0) is 18.3 Å². The number of amides is 1. The molecule has 5 rings (SSSR count). The van der Waals surface area contributed by atoms with E-state index in [0.29, 0.717) is 12.5 Å². The molecule has 0 spiro atoms. The fraction of sp³-hybridized carbons (Fsp3) is 0.200. The van der Waals surface area contributed by atoms with Gasteiger partial charge in [0.2, 0.25) is 11.9 Å². The van der Waals surface area contributed by atoms with Gasteiger partial charge in [0.05, 0.1) is 17.8 Å². The van der Waals surface area contributed by atoms with Crippen molar-refractivity contribution in [2.45, 2.75) is 19.3 Å². The molecule has 7 nitrogen and oxygen atoms in total. The van der Waals surface area contributed by atoms with Gasteiger partial charge in [-0.1, -0.05) is 36.4 Å². The zero-order chi connectivity index (χ0) is 22.1. The highest BCUT2D eigenvalue weighted by atomic mass is 16.2. The van der Waals surface area contributed by atoms with Crippen LogP contribution in [0.25, 0.3) is 11.3 Å². The minimum atomic E-state index is -0.177. The Morgan fingerprint density at radius 2 is 1.91 bits per heavy atom. The van der Waals surface area contributed by atoms with E-state index < -0.39 is 0 Å². The van der Waals surface area contributed by atoms with Gasteiger partial charge >= 0.3 is 0 Å². The molecule has 0 aliphatic carbocycles. The van der Waals surface area contributed by atoms with Crippen LogP contribution in [0.4, 0.5) is 17.5 Å². The number of aryl methyl sites for hydroxylation is 1. The Morgan fingerprint density at radius 1 is 1.06 bits per heavy atom. The molecule has 1 unspecified atom stereocenters. The minimum Gasteiger partial charge on any atom is -0.311 e. The molecule has 4 aromatic rings. The quantitative estimate of drug-likeness (QED) is 0.517. The first-order valence-electron chi connectivity index (χ1n) is 10.7. The summed E-state index contributed by atoms with van der Waals surface area (Å²) in [6.07, 6.45) is 4.30. The second kappa shape index (κ2) is 8.26. The summed E-state index contributed by atoms with van der Waals surface area (Å²) in [7, 11) is 1.86. The molecule has 1 amide bonds. The van der Waals surface area contributed by atoms with Crippen molar-refractivity contribution in [3.05, 3.63) is 84.2 Å². The predicted molar refractivity (Wildman–Crippen MR) is 125 cm³/mol. The van der Waals surface area contributed by atoms with E-state index in [9.17, 15) is 4.79 Å². The Balaban J connectivity index is 1.38. The van der Waals surface area contributed by atoms with E-state index >= 15 is 0 Å². The van der Waals surface area contributed by atoms with Gasteiger partial charge in [-0.15, -0.1) is 0 Å². The minimum absolute atomic E-state index is 0.132. The van der Waals surface area contributed by atoms with Gasteiger partial charge in [-0.25, -0.2) is 9.97 Å². The molecular formula is C25H24N6O. The number of nitrogens with one attached hydrogen (secondary N) is 1. The number of rotatable bonds is 5. The smallest absolute Gasteiger partial charge is 0.234 e. The average molecular weight is 425 g/mol. The van der Waals surface area contributed by atoms with Crippen molar-refractivity contribution in [2.75, 3.05) is 16.8 Å². The maximum absolute atomic E-state index is 13.2. The number of hydrogen-bond acceptors (Lipinski definition) is 5. The van der Waals surface area contributed by atoms with Gasteiger partial charge in [0, 0.05) is 37.1 Å². The standard InChI is InChI=1S/C25H24N6O/c1-17(18-6-4-3-5-7-18)24(32)31-15-12-20-16-19(8-9-22(20)31)21-10-13-26-25(28-21)29-23-11-14-27-30(23)2/h3-11,13-14,16-17H,12,15H2,1-2H3,(H,26,28,29). The van der Waals surface area contributed by atoms with Crippen LogP contribution in [0.3, 0.4) is 0 Å². The summed E-state index contributed by atoms with van der Waals surface area (Å²) in [6, 6.07) is 19.9. The molecule has 0 saturated carbocycles. The van der Waals surface area contributed by atoms with E-state index in [0.717, 1.165) is 40.3 Å². The Hall–Kier alpha value is -4.00. The molecule has 0 saturated heterocycles. The summed E-state index contributed by atoms with van der Waals surface area (Å²) < 4.78 is 1.73. The van der Waals surface area contributed by atoms with Crippen LogP contribution >= 0.6 is 0 Å². The van der Waals surface area contributed by atoms with Gasteiger partial charge in [0.1, 0.15) is 5.82 Å². The van der Waals surface area contributed by atoms with Crippen molar-refractivity contribution in [3.63, 3.8) is 0 Å². The van der Waals surface area contributed by atoms with Crippen molar-refractivity contribution in [3.8, 4) is 11.3 Å². The molecule has 3 heterocycles. The lowest BCUT2D eigenvalue weighted by atomic mass is 9.99. The van der Waals surface area contributed by atoms with E-state index in [1.807, 2.05) is 73.5 Å². The molecule has 1 aliphatic rings. The van der Waals surface area contributed by atoms with E-state index in [4.69, 9.17) is 0 Å². The van der Waals surface area contributed by atoms with Crippen molar-refractivity contribution < 1.29 is 4.79 Å². The number of hydrogen-bond donors (Lipinski definition) is 1. The normalized spacial score (nSPS) is 13.6. The molecule has 7 heteroatoms. The number of aromatic nitrogens is 4. The summed E-state index contributed by atoms with van der Waals surface area (Å²) >= 11 is 0. The summed E-state index contributed by atoms with van der Waals surface area (Å²) in [5.41, 5.74) is 5.02. The highest BCUT2D eigenvalue weighted by molar-refractivity contribution is 5.99. The van der Waals surface area contributed by atoms with Crippen molar-refractivity contribution in [1.29, 1.82) is 0 Å². The maximum Gasteiger partial charge on any atom is 0.234 e. The van der Waals surface area contributed by atoms with Crippen LogP contribution in [0.15, 0.2) is 73.1 Å². The van der Waals surface area contributed by atoms with Crippen LogP contribution in [0, 0.1) is 0 Å². The van der Waals surface area contributed by atoms with Crippen molar-refractivity contribution >= 4 is 23.4 Å². The Bertz CT molecular complexity index is 1270. The predicted octanol–water partition coefficient (Wildman–Crippen LogP) is 4.31. The van der Waals surface area contributed by atoms with Crippen LogP contribution < -0.4 is 10.2 Å². The summed E-state index contributed by atoms with van der Waals surface area (Å²) in [5.74, 6) is 1.29. The molecule has 32 heavy (non-hydrogen) atoms. The van der Waals surface area contributed by atoms with E-state index in [1.54, 1.807) is 17.1 Å². The molecule has 2 aromatic carbocycles. The third-order valence-corrected chi connectivity index (χ3v) is 5.92. The Morgan fingerprint density at radius 3 is 2.69 bits per heavy atom. The fourth-order valence-corrected chi connectivity index (χ4v) is 4.10. The zero-order valence-corrected chi connectivity index (χ0v) is 18.1. The fourth-order valence-electron chi connectivity index (χ4n) is 4.10. The van der Waals surface area contributed by atoms with Gasteiger partial charge in [0.25, 0.3) is 0 Å². The number of nitrogens with zero attached hydrogens (tertiary/aromatic N) is 5. The number of fused-ring (bicyclic) bond motifs is 1. The number of benzene rings is 2. The van der Waals surface area contributed by atoms with Crippen LogP contribution in [0.2, 0.25) is 0 Å². The first kappa shape index (κ1) is 19.9. The molecule has 0 bridgehead atoms. The van der Waals surface area contributed by atoms with E-state index in [2.05, 4.69) is 26.4 Å². The highest BCUT2D eigenvalue weighted by Crippen LogP contribution is 2.34. The lowest BCUT2D eigenvalue weighted by Gasteiger charge is -2.22. The number of carbonyl (C=O) groups excluding carboxylic acids is 1. The van der Waals surface area contributed by atoms with Crippen LogP contribution in [0.1, 0.15) is 24.0 Å². The van der Waals surface area contributed by atoms with Gasteiger partial charge in [-0.05, 0) is 42.7 Å². The first-order valence-corrected chi connectivity index (χ1v) is 10.7. The second-order valence-electron chi connectivity index (χ2n) is 7.95. The molecule has 160 valence electrons. The topological polar surface area (TPSA) is 75.9 Å². The van der Waals surface area contributed by atoms with Gasteiger partial charge in [0.15, 0.2) is 0 Å².